The van der Waals surface area contributed by atoms with Gasteiger partial charge in [0.05, 0.1) is 12.5 Å². The number of methoxy groups -OCH3 is 1. The quantitative estimate of drug-likeness (QED) is 0.765. The summed E-state index contributed by atoms with van der Waals surface area (Å²) in [4.78, 5) is 13.0. The number of nitrogens with zero attached hydrogens (tertiary/aromatic N) is 3. The van der Waals surface area contributed by atoms with Gasteiger partial charge in [-0.1, -0.05) is 31.0 Å². The second kappa shape index (κ2) is 6.67. The van der Waals surface area contributed by atoms with Crippen LogP contribution in [0.3, 0.4) is 0 Å². The van der Waals surface area contributed by atoms with E-state index in [1.807, 2.05) is 18.2 Å². The van der Waals surface area contributed by atoms with Crippen LogP contribution >= 0.6 is 0 Å². The number of fused-ring (bicyclic) bond motifs is 1. The summed E-state index contributed by atoms with van der Waals surface area (Å²) in [6, 6.07) is 12.3. The van der Waals surface area contributed by atoms with E-state index in [1.165, 1.54) is 18.4 Å². The van der Waals surface area contributed by atoms with Gasteiger partial charge in [-0.2, -0.15) is 0 Å². The molecule has 0 saturated heterocycles. The summed E-state index contributed by atoms with van der Waals surface area (Å²) < 4.78 is 5.64. The highest BCUT2D eigenvalue weighted by molar-refractivity contribution is 5.85. The third-order valence-electron chi connectivity index (χ3n) is 5.24. The molecule has 0 spiro atoms. The molecule has 0 atom stereocenters. The van der Waals surface area contributed by atoms with E-state index in [9.17, 15) is 0 Å². The first-order valence-electron chi connectivity index (χ1n) is 8.75. The number of rotatable bonds is 5. The molecule has 0 radical (unpaired) electrons. The van der Waals surface area contributed by atoms with Crippen molar-refractivity contribution in [2.75, 3.05) is 19.0 Å². The van der Waals surface area contributed by atoms with Crippen LogP contribution < -0.4 is 10.1 Å². The van der Waals surface area contributed by atoms with Gasteiger partial charge in [-0.25, -0.2) is 15.0 Å². The topological polar surface area (TPSA) is 59.9 Å². The fourth-order valence-corrected chi connectivity index (χ4v) is 3.97. The van der Waals surface area contributed by atoms with Gasteiger partial charge < -0.3 is 10.1 Å². The lowest BCUT2D eigenvalue weighted by Gasteiger charge is -2.31. The second-order valence-electron chi connectivity index (χ2n) is 6.64. The Bertz CT molecular complexity index is 869. The van der Waals surface area contributed by atoms with Gasteiger partial charge in [0.2, 0.25) is 0 Å². The fourth-order valence-electron chi connectivity index (χ4n) is 3.97. The Hall–Kier alpha value is -2.69. The van der Waals surface area contributed by atoms with Crippen molar-refractivity contribution in [2.24, 2.45) is 0 Å². The Labute approximate surface area is 147 Å². The molecule has 1 aromatic carbocycles. The van der Waals surface area contributed by atoms with Gasteiger partial charge in [0.25, 0.3) is 0 Å². The Balaban J connectivity index is 1.67. The van der Waals surface area contributed by atoms with Crippen LogP contribution in [-0.2, 0) is 5.41 Å². The molecule has 1 aliphatic rings. The Morgan fingerprint density at radius 2 is 1.88 bits per heavy atom. The normalized spacial score (nSPS) is 16.0. The van der Waals surface area contributed by atoms with Crippen LogP contribution in [0.1, 0.15) is 31.2 Å². The van der Waals surface area contributed by atoms with E-state index in [0.29, 0.717) is 0 Å². The van der Waals surface area contributed by atoms with Crippen molar-refractivity contribution >= 4 is 16.9 Å². The molecule has 25 heavy (non-hydrogen) atoms. The van der Waals surface area contributed by atoms with Gasteiger partial charge in [-0.15, -0.1) is 0 Å². The average Bonchev–Trinajstić information content (AvgIpc) is 3.16. The number of benzene rings is 1. The second-order valence-corrected chi connectivity index (χ2v) is 6.64. The summed E-state index contributed by atoms with van der Waals surface area (Å²) in [5, 5.41) is 4.53. The van der Waals surface area contributed by atoms with E-state index < -0.39 is 0 Å². The van der Waals surface area contributed by atoms with Crippen molar-refractivity contribution in [2.45, 2.75) is 31.1 Å². The maximum absolute atomic E-state index is 5.64. The Kier molecular flexibility index (Phi) is 4.22. The molecule has 0 aliphatic heterocycles. The molecule has 1 N–H and O–H groups in total. The van der Waals surface area contributed by atoms with Crippen LogP contribution in [0.25, 0.3) is 11.0 Å². The lowest BCUT2D eigenvalue weighted by molar-refractivity contribution is 0.381. The number of anilines is 1. The van der Waals surface area contributed by atoms with Crippen LogP contribution in [0.2, 0.25) is 0 Å². The molecular formula is C20H22N4O. The maximum Gasteiger partial charge on any atom is 0.164 e. The smallest absolute Gasteiger partial charge is 0.164 e. The molecule has 1 aliphatic carbocycles. The number of pyridine rings is 1. The van der Waals surface area contributed by atoms with Gasteiger partial charge in [-0.05, 0) is 31.0 Å². The molecule has 3 aromatic rings. The zero-order valence-corrected chi connectivity index (χ0v) is 14.4. The van der Waals surface area contributed by atoms with Crippen LogP contribution in [0.5, 0.6) is 5.75 Å². The minimum atomic E-state index is 0.0755. The highest BCUT2D eigenvalue weighted by atomic mass is 16.5. The number of ether oxygens (including phenoxy) is 1. The molecule has 2 heterocycles. The number of hydrogen-bond donors (Lipinski definition) is 1. The van der Waals surface area contributed by atoms with Crippen molar-refractivity contribution in [3.8, 4) is 5.75 Å². The number of nitrogens with one attached hydrogen (secondary N) is 1. The predicted octanol–water partition coefficient (Wildman–Crippen LogP) is 3.96. The summed E-state index contributed by atoms with van der Waals surface area (Å²) in [7, 11) is 1.75. The maximum atomic E-state index is 5.64. The largest absolute Gasteiger partial charge is 0.496 e. The molecule has 5 nitrogen and oxygen atoms in total. The van der Waals surface area contributed by atoms with E-state index in [4.69, 9.17) is 4.74 Å². The standard InChI is InChI=1S/C20H22N4O/c1-25-17-9-3-2-8-16(17)20(10-4-5-11-20)13-22-19-15-7-6-12-21-18(15)23-14-24-19/h2-3,6-9,12,14H,4-5,10-11,13H2,1H3,(H,21,22,23,24). The van der Waals surface area contributed by atoms with Gasteiger partial charge in [0.15, 0.2) is 5.65 Å². The third kappa shape index (κ3) is 2.90. The van der Waals surface area contributed by atoms with Crippen molar-refractivity contribution in [1.82, 2.24) is 15.0 Å². The molecular weight excluding hydrogens is 312 g/mol. The number of aromatic nitrogens is 3. The lowest BCUT2D eigenvalue weighted by Crippen LogP contribution is -2.32. The monoisotopic (exact) mass is 334 g/mol. The van der Waals surface area contributed by atoms with Crippen LogP contribution in [-0.4, -0.2) is 28.6 Å². The first-order valence-corrected chi connectivity index (χ1v) is 8.75. The fraction of sp³-hybridized carbons (Fsp3) is 0.350. The van der Waals surface area contributed by atoms with Crippen molar-refractivity contribution < 1.29 is 4.74 Å². The van der Waals surface area contributed by atoms with Gasteiger partial charge in [-0.3, -0.25) is 0 Å². The minimum absolute atomic E-state index is 0.0755. The van der Waals surface area contributed by atoms with Gasteiger partial charge in [0.1, 0.15) is 17.9 Å². The lowest BCUT2D eigenvalue weighted by atomic mass is 9.78. The van der Waals surface area contributed by atoms with Crippen molar-refractivity contribution in [3.05, 3.63) is 54.5 Å². The number of para-hydroxylation sites is 1. The molecule has 0 bridgehead atoms. The molecule has 4 rings (SSSR count). The molecule has 128 valence electrons. The zero-order chi connectivity index (χ0) is 17.1. The summed E-state index contributed by atoms with van der Waals surface area (Å²) in [6.45, 7) is 0.828. The van der Waals surface area contributed by atoms with Crippen LogP contribution in [0.15, 0.2) is 48.9 Å². The number of hydrogen-bond acceptors (Lipinski definition) is 5. The highest BCUT2D eigenvalue weighted by Gasteiger charge is 2.37. The minimum Gasteiger partial charge on any atom is -0.496 e. The van der Waals surface area contributed by atoms with E-state index in [-0.39, 0.29) is 5.41 Å². The Morgan fingerprint density at radius 1 is 1.04 bits per heavy atom. The van der Waals surface area contributed by atoms with E-state index in [0.717, 1.165) is 42.0 Å². The summed E-state index contributed by atoms with van der Waals surface area (Å²) in [5.41, 5.74) is 2.09. The molecule has 1 saturated carbocycles. The van der Waals surface area contributed by atoms with Gasteiger partial charge in [0, 0.05) is 23.7 Å². The summed E-state index contributed by atoms with van der Waals surface area (Å²) in [6.07, 6.45) is 8.12. The molecule has 5 heteroatoms. The first kappa shape index (κ1) is 15.8. The SMILES string of the molecule is COc1ccccc1C1(CNc2ncnc3ncccc23)CCCC1. The van der Waals surface area contributed by atoms with Crippen molar-refractivity contribution in [1.29, 1.82) is 0 Å². The highest BCUT2D eigenvalue weighted by Crippen LogP contribution is 2.44. The van der Waals surface area contributed by atoms with Gasteiger partial charge >= 0.3 is 0 Å². The van der Waals surface area contributed by atoms with Crippen LogP contribution in [0.4, 0.5) is 5.82 Å². The van der Waals surface area contributed by atoms with E-state index in [2.05, 4.69) is 38.5 Å². The zero-order valence-electron chi connectivity index (χ0n) is 14.4. The predicted molar refractivity (Wildman–Crippen MR) is 99.0 cm³/mol. The van der Waals surface area contributed by atoms with Crippen molar-refractivity contribution in [3.63, 3.8) is 0 Å². The molecule has 0 unspecified atom stereocenters. The van der Waals surface area contributed by atoms with E-state index >= 15 is 0 Å². The summed E-state index contributed by atoms with van der Waals surface area (Å²) >= 11 is 0. The molecule has 1 fully saturated rings. The third-order valence-corrected chi connectivity index (χ3v) is 5.24. The van der Waals surface area contributed by atoms with E-state index in [1.54, 1.807) is 19.6 Å². The average molecular weight is 334 g/mol. The summed E-state index contributed by atoms with van der Waals surface area (Å²) in [5.74, 6) is 1.82. The molecule has 2 aromatic heterocycles. The van der Waals surface area contributed by atoms with Crippen LogP contribution in [0, 0.1) is 0 Å². The molecule has 0 amide bonds. The Morgan fingerprint density at radius 3 is 2.72 bits per heavy atom. The first-order chi connectivity index (χ1) is 12.3.